The maximum atomic E-state index is 11.7. The van der Waals surface area contributed by atoms with Crippen LogP contribution in [-0.2, 0) is 14.6 Å². The van der Waals surface area contributed by atoms with Gasteiger partial charge >= 0.3 is 0 Å². The molecule has 16 heavy (non-hydrogen) atoms. The molecule has 1 amide bonds. The lowest BCUT2D eigenvalue weighted by Gasteiger charge is -2.25. The van der Waals surface area contributed by atoms with Crippen molar-refractivity contribution in [1.29, 1.82) is 0 Å². The van der Waals surface area contributed by atoms with Gasteiger partial charge in [0, 0.05) is 0 Å². The topological polar surface area (TPSA) is 89.3 Å². The van der Waals surface area contributed by atoms with Crippen molar-refractivity contribution in [1.82, 2.24) is 5.32 Å². The minimum atomic E-state index is -2.99. The van der Waals surface area contributed by atoms with Crippen molar-refractivity contribution >= 4 is 15.7 Å². The first-order chi connectivity index (χ1) is 7.28. The second-order valence-electron chi connectivity index (χ2n) is 4.79. The standard InChI is InChI=1S/C10H20N2O3S/c1-3-4-8(11)9(13)12-10(2)5-6-16(14,15)7-10/h8H,3-7,11H2,1-2H3,(H,12,13). The van der Waals surface area contributed by atoms with Crippen molar-refractivity contribution in [3.8, 4) is 0 Å². The number of carbonyl (C=O) groups is 1. The van der Waals surface area contributed by atoms with Crippen LogP contribution >= 0.6 is 0 Å². The average Bonchev–Trinajstić information content (AvgIpc) is 2.40. The second-order valence-corrected chi connectivity index (χ2v) is 6.97. The van der Waals surface area contributed by atoms with Crippen LogP contribution in [0.15, 0.2) is 0 Å². The van der Waals surface area contributed by atoms with E-state index in [-0.39, 0.29) is 17.4 Å². The maximum absolute atomic E-state index is 11.7. The summed E-state index contributed by atoms with van der Waals surface area (Å²) in [4.78, 5) is 11.7. The lowest BCUT2D eigenvalue weighted by atomic mass is 10.0. The van der Waals surface area contributed by atoms with E-state index >= 15 is 0 Å². The van der Waals surface area contributed by atoms with E-state index in [0.717, 1.165) is 6.42 Å². The number of carbonyl (C=O) groups excluding carboxylic acids is 1. The van der Waals surface area contributed by atoms with Gasteiger partial charge in [0.1, 0.15) is 0 Å². The Hall–Kier alpha value is -0.620. The van der Waals surface area contributed by atoms with Crippen molar-refractivity contribution in [3.05, 3.63) is 0 Å². The van der Waals surface area contributed by atoms with Crippen LogP contribution in [-0.4, -0.2) is 37.4 Å². The first-order valence-electron chi connectivity index (χ1n) is 5.56. The summed E-state index contributed by atoms with van der Waals surface area (Å²) < 4.78 is 22.7. The highest BCUT2D eigenvalue weighted by Crippen LogP contribution is 2.22. The van der Waals surface area contributed by atoms with E-state index in [1.165, 1.54) is 0 Å². The Morgan fingerprint density at radius 1 is 1.56 bits per heavy atom. The van der Waals surface area contributed by atoms with Gasteiger partial charge in [-0.2, -0.15) is 0 Å². The molecule has 0 aromatic carbocycles. The zero-order valence-electron chi connectivity index (χ0n) is 9.82. The van der Waals surface area contributed by atoms with E-state index in [4.69, 9.17) is 5.73 Å². The van der Waals surface area contributed by atoms with Crippen LogP contribution < -0.4 is 11.1 Å². The van der Waals surface area contributed by atoms with Gasteiger partial charge in [0.05, 0.1) is 23.1 Å². The average molecular weight is 248 g/mol. The Morgan fingerprint density at radius 3 is 2.62 bits per heavy atom. The number of hydrogen-bond acceptors (Lipinski definition) is 4. The largest absolute Gasteiger partial charge is 0.349 e. The highest BCUT2D eigenvalue weighted by Gasteiger charge is 2.39. The van der Waals surface area contributed by atoms with E-state index in [0.29, 0.717) is 12.8 Å². The first kappa shape index (κ1) is 13.4. The number of nitrogens with one attached hydrogen (secondary N) is 1. The van der Waals surface area contributed by atoms with Gasteiger partial charge in [-0.05, 0) is 19.8 Å². The van der Waals surface area contributed by atoms with Gasteiger partial charge in [-0.15, -0.1) is 0 Å². The smallest absolute Gasteiger partial charge is 0.237 e. The molecule has 0 aromatic rings. The van der Waals surface area contributed by atoms with Gasteiger partial charge in [0.15, 0.2) is 9.84 Å². The summed E-state index contributed by atoms with van der Waals surface area (Å²) in [5.74, 6) is -0.0846. The Labute approximate surface area is 96.7 Å². The molecular formula is C10H20N2O3S. The molecule has 1 heterocycles. The number of rotatable bonds is 4. The van der Waals surface area contributed by atoms with Gasteiger partial charge in [0.2, 0.25) is 5.91 Å². The molecule has 1 rings (SSSR count). The van der Waals surface area contributed by atoms with Crippen LogP contribution in [0.1, 0.15) is 33.1 Å². The van der Waals surface area contributed by atoms with Gasteiger partial charge in [-0.3, -0.25) is 4.79 Å². The van der Waals surface area contributed by atoms with Gasteiger partial charge in [0.25, 0.3) is 0 Å². The summed E-state index contributed by atoms with van der Waals surface area (Å²) >= 11 is 0. The maximum Gasteiger partial charge on any atom is 0.237 e. The summed E-state index contributed by atoms with van der Waals surface area (Å²) in [5.41, 5.74) is 5.03. The summed E-state index contributed by atoms with van der Waals surface area (Å²) in [6.07, 6.45) is 1.93. The van der Waals surface area contributed by atoms with Crippen molar-refractivity contribution < 1.29 is 13.2 Å². The zero-order chi connectivity index (χ0) is 12.4. The second kappa shape index (κ2) is 4.71. The van der Waals surface area contributed by atoms with Crippen molar-refractivity contribution in [3.63, 3.8) is 0 Å². The number of sulfone groups is 1. The molecular weight excluding hydrogens is 228 g/mol. The number of hydrogen-bond donors (Lipinski definition) is 2. The first-order valence-corrected chi connectivity index (χ1v) is 7.38. The van der Waals surface area contributed by atoms with Crippen molar-refractivity contribution in [2.24, 2.45) is 5.73 Å². The number of amides is 1. The summed E-state index contributed by atoms with van der Waals surface area (Å²) in [6.45, 7) is 3.71. The normalized spacial score (nSPS) is 29.9. The van der Waals surface area contributed by atoms with Gasteiger partial charge in [-0.1, -0.05) is 13.3 Å². The lowest BCUT2D eigenvalue weighted by molar-refractivity contribution is -0.124. The quantitative estimate of drug-likeness (QED) is 0.721. The lowest BCUT2D eigenvalue weighted by Crippen LogP contribution is -2.52. The molecule has 1 fully saturated rings. The fourth-order valence-electron chi connectivity index (χ4n) is 1.94. The Kier molecular flexibility index (Phi) is 3.96. The van der Waals surface area contributed by atoms with Gasteiger partial charge < -0.3 is 11.1 Å². The highest BCUT2D eigenvalue weighted by molar-refractivity contribution is 7.91. The van der Waals surface area contributed by atoms with Crippen LogP contribution in [0, 0.1) is 0 Å². The molecule has 0 aromatic heterocycles. The number of nitrogens with two attached hydrogens (primary N) is 1. The molecule has 1 saturated heterocycles. The van der Waals surface area contributed by atoms with Crippen LogP contribution in [0.2, 0.25) is 0 Å². The Bertz CT molecular complexity index is 366. The van der Waals surface area contributed by atoms with E-state index in [9.17, 15) is 13.2 Å². The predicted octanol–water partition coefficient (Wildman–Crippen LogP) is -0.193. The van der Waals surface area contributed by atoms with Gasteiger partial charge in [-0.25, -0.2) is 8.42 Å². The minimum absolute atomic E-state index is 0.0184. The Balaban J connectivity index is 2.58. The fourth-order valence-corrected chi connectivity index (χ4v) is 4.03. The van der Waals surface area contributed by atoms with E-state index in [2.05, 4.69) is 5.32 Å². The van der Waals surface area contributed by atoms with Crippen LogP contribution in [0.25, 0.3) is 0 Å². The molecule has 0 bridgehead atoms. The zero-order valence-corrected chi connectivity index (χ0v) is 10.6. The molecule has 0 radical (unpaired) electrons. The summed E-state index contributed by atoms with van der Waals surface area (Å²) in [5, 5.41) is 2.75. The molecule has 94 valence electrons. The SMILES string of the molecule is CCCC(N)C(=O)NC1(C)CCS(=O)(=O)C1. The van der Waals surface area contributed by atoms with Crippen LogP contribution in [0.3, 0.4) is 0 Å². The van der Waals surface area contributed by atoms with Crippen molar-refractivity contribution in [2.45, 2.75) is 44.7 Å². The monoisotopic (exact) mass is 248 g/mol. The molecule has 2 unspecified atom stereocenters. The molecule has 6 heteroatoms. The molecule has 2 atom stereocenters. The highest BCUT2D eigenvalue weighted by atomic mass is 32.2. The molecule has 0 spiro atoms. The molecule has 1 aliphatic rings. The van der Waals surface area contributed by atoms with Crippen molar-refractivity contribution in [2.75, 3.05) is 11.5 Å². The third kappa shape index (κ3) is 3.45. The third-order valence-corrected chi connectivity index (χ3v) is 4.77. The summed E-state index contributed by atoms with van der Waals surface area (Å²) in [6, 6.07) is -0.537. The van der Waals surface area contributed by atoms with Crippen LogP contribution in [0.5, 0.6) is 0 Å². The predicted molar refractivity (Wildman–Crippen MR) is 62.7 cm³/mol. The van der Waals surface area contributed by atoms with E-state index < -0.39 is 21.4 Å². The van der Waals surface area contributed by atoms with Crippen LogP contribution in [0.4, 0.5) is 0 Å². The Morgan fingerprint density at radius 2 is 2.19 bits per heavy atom. The summed E-state index contributed by atoms with van der Waals surface area (Å²) in [7, 11) is -2.99. The molecule has 5 nitrogen and oxygen atoms in total. The molecule has 0 saturated carbocycles. The molecule has 3 N–H and O–H groups in total. The fraction of sp³-hybridized carbons (Fsp3) is 0.900. The molecule has 0 aliphatic carbocycles. The van der Waals surface area contributed by atoms with E-state index in [1.807, 2.05) is 6.92 Å². The minimum Gasteiger partial charge on any atom is -0.349 e. The van der Waals surface area contributed by atoms with E-state index in [1.54, 1.807) is 6.92 Å². The molecule has 1 aliphatic heterocycles. The third-order valence-electron chi connectivity index (χ3n) is 2.86.